The molecule has 4 atom stereocenters. The highest BCUT2D eigenvalue weighted by Gasteiger charge is 2.67. The lowest BCUT2D eigenvalue weighted by atomic mass is 9.82. The van der Waals surface area contributed by atoms with Crippen LogP contribution >= 0.6 is 0 Å². The minimum atomic E-state index is -3.69. The van der Waals surface area contributed by atoms with Gasteiger partial charge in [0.2, 0.25) is 14.3 Å². The summed E-state index contributed by atoms with van der Waals surface area (Å²) in [6.07, 6.45) is 2.04. The van der Waals surface area contributed by atoms with Crippen molar-refractivity contribution in [2.24, 2.45) is 5.92 Å². The predicted molar refractivity (Wildman–Crippen MR) is 237 cm³/mol. The zero-order chi connectivity index (χ0) is 43.3. The molecule has 14 heteroatoms. The summed E-state index contributed by atoms with van der Waals surface area (Å²) in [5.41, 5.74) is 0.213. The Morgan fingerprint density at radius 1 is 0.790 bits per heavy atom. The summed E-state index contributed by atoms with van der Waals surface area (Å²) in [6.45, 7) is 5.05. The van der Waals surface area contributed by atoms with Gasteiger partial charge in [-0.05, 0) is 66.7 Å². The normalized spacial score (nSPS) is 19.7. The number of carbonyl (C=O) groups is 2. The molecule has 7 aromatic rings. The summed E-state index contributed by atoms with van der Waals surface area (Å²) >= 11 is 0. The van der Waals surface area contributed by atoms with E-state index in [0.29, 0.717) is 44.3 Å². The van der Waals surface area contributed by atoms with Gasteiger partial charge in [0.1, 0.15) is 0 Å². The zero-order valence-electron chi connectivity index (χ0n) is 34.5. The molecule has 9 rings (SSSR count). The van der Waals surface area contributed by atoms with Crippen molar-refractivity contribution >= 4 is 47.5 Å². The molecule has 12 nitrogen and oxygen atoms in total. The van der Waals surface area contributed by atoms with Gasteiger partial charge in [0.15, 0.2) is 5.60 Å². The Kier molecular flexibility index (Phi) is 10.5. The summed E-state index contributed by atoms with van der Waals surface area (Å²) in [4.78, 5) is 60.2. The quantitative estimate of drug-likeness (QED) is 0.111. The number of fused-ring (bicyclic) bond motifs is 4. The van der Waals surface area contributed by atoms with Gasteiger partial charge in [-0.3, -0.25) is 19.2 Å². The Morgan fingerprint density at radius 3 is 2.02 bits per heavy atom. The second-order valence-corrected chi connectivity index (χ2v) is 20.5. The number of ether oxygens (including phenoxy) is 1. The highest BCUT2D eigenvalue weighted by Crippen LogP contribution is 2.60. The maximum atomic E-state index is 16.9. The fourth-order valence-electron chi connectivity index (χ4n) is 9.56. The number of hydrogen-bond donors (Lipinski definition) is 1. The van der Waals surface area contributed by atoms with Gasteiger partial charge in [0, 0.05) is 40.9 Å². The Labute approximate surface area is 357 Å². The molecule has 5 aromatic carbocycles. The second kappa shape index (κ2) is 16.0. The van der Waals surface area contributed by atoms with E-state index in [1.54, 1.807) is 91.1 Å². The number of rotatable bonds is 11. The lowest BCUT2D eigenvalue weighted by molar-refractivity contribution is -0.150. The highest BCUT2D eigenvalue weighted by atomic mass is 28.4. The smallest absolute Gasteiger partial charge is 0.279 e. The summed E-state index contributed by atoms with van der Waals surface area (Å²) in [6, 6.07) is 36.2. The predicted octanol–water partition coefficient (Wildman–Crippen LogP) is 6.82. The van der Waals surface area contributed by atoms with Gasteiger partial charge in [-0.25, -0.2) is 0 Å². The van der Waals surface area contributed by atoms with Crippen LogP contribution < -0.4 is 16.0 Å². The third-order valence-electron chi connectivity index (χ3n) is 12.4. The van der Waals surface area contributed by atoms with Crippen molar-refractivity contribution in [2.45, 2.75) is 56.8 Å². The number of aliphatic hydroxyl groups is 1. The van der Waals surface area contributed by atoms with Crippen LogP contribution in [0.4, 0.5) is 9.80 Å². The van der Waals surface area contributed by atoms with Crippen LogP contribution in [0, 0.1) is 5.92 Å². The number of hydrogen-bond acceptors (Lipinski definition) is 8. The van der Waals surface area contributed by atoms with Crippen molar-refractivity contribution in [2.75, 3.05) is 18.1 Å². The maximum Gasteiger partial charge on any atom is 0.279 e. The van der Waals surface area contributed by atoms with E-state index in [2.05, 4.69) is 10.2 Å². The standard InChI is InChI=1S/C48H45FN6O6Si/c1-31-44(62(2,3)49)42(26-43(57)52(22-23-56)29-32-12-5-4-6-13-32)61-48(31)40-25-37(55-46(59)39-19-10-8-16-35(39)28-51-55)20-21-41(40)53(47(48)60)30-33-14-11-17-36(24-33)54-45(58)38-18-9-7-15-34(38)27-50-54/h4-21,24-25,27-28,31,42,44,56H,22-23,26,29-30H2,1-3H3/t31-,42+,44-,48+/m1/s1. The summed E-state index contributed by atoms with van der Waals surface area (Å²) in [5.74, 6) is -1.51. The molecule has 2 aliphatic heterocycles. The van der Waals surface area contributed by atoms with Gasteiger partial charge in [0.25, 0.3) is 17.0 Å². The molecule has 62 heavy (non-hydrogen) atoms. The topological polar surface area (TPSA) is 140 Å². The Balaban J connectivity index is 1.14. The highest BCUT2D eigenvalue weighted by molar-refractivity contribution is 6.72. The summed E-state index contributed by atoms with van der Waals surface area (Å²) in [5, 5.41) is 21.3. The molecule has 2 aliphatic rings. The third-order valence-corrected chi connectivity index (χ3v) is 14.8. The van der Waals surface area contributed by atoms with Gasteiger partial charge in [-0.1, -0.05) is 85.8 Å². The molecular weight excluding hydrogens is 804 g/mol. The molecule has 0 aliphatic carbocycles. The third kappa shape index (κ3) is 7.03. The van der Waals surface area contributed by atoms with E-state index < -0.39 is 37.5 Å². The van der Waals surface area contributed by atoms with Crippen LogP contribution in [0.2, 0.25) is 18.6 Å². The number of nitrogens with zero attached hydrogens (tertiary/aromatic N) is 6. The molecule has 4 heterocycles. The second-order valence-electron chi connectivity index (χ2n) is 16.7. The monoisotopic (exact) mass is 848 g/mol. The lowest BCUT2D eigenvalue weighted by Gasteiger charge is -2.31. The van der Waals surface area contributed by atoms with Crippen molar-refractivity contribution in [3.8, 4) is 11.4 Å². The molecule has 1 fully saturated rings. The first kappa shape index (κ1) is 40.8. The average molecular weight is 849 g/mol. The van der Waals surface area contributed by atoms with E-state index in [1.807, 2.05) is 67.6 Å². The lowest BCUT2D eigenvalue weighted by Crippen LogP contribution is -2.45. The van der Waals surface area contributed by atoms with Crippen molar-refractivity contribution < 1.29 is 23.5 Å². The molecule has 0 bridgehead atoms. The number of aromatic nitrogens is 4. The maximum absolute atomic E-state index is 16.9. The Morgan fingerprint density at radius 2 is 1.39 bits per heavy atom. The number of benzene rings is 5. The minimum absolute atomic E-state index is 0.0550. The fourth-order valence-corrected chi connectivity index (χ4v) is 12.1. The minimum Gasteiger partial charge on any atom is -0.395 e. The number of aliphatic hydroxyl groups excluding tert-OH is 1. The first-order valence-corrected chi connectivity index (χ1v) is 23.6. The van der Waals surface area contributed by atoms with E-state index in [-0.39, 0.29) is 49.7 Å². The van der Waals surface area contributed by atoms with Crippen LogP contribution in [0.25, 0.3) is 32.9 Å². The number of amides is 2. The van der Waals surface area contributed by atoms with Crippen molar-refractivity contribution in [3.05, 3.63) is 171 Å². The van der Waals surface area contributed by atoms with Crippen molar-refractivity contribution in [1.82, 2.24) is 24.5 Å². The van der Waals surface area contributed by atoms with Crippen LogP contribution in [0.15, 0.2) is 143 Å². The van der Waals surface area contributed by atoms with Gasteiger partial charge < -0.3 is 23.8 Å². The first-order valence-electron chi connectivity index (χ1n) is 20.7. The van der Waals surface area contributed by atoms with Crippen LogP contribution in [-0.4, -0.2) is 69.0 Å². The molecule has 1 N–H and O–H groups in total. The SMILES string of the molecule is C[C@@H]1[C@@H]([Si](C)(C)F)[C@H](CC(=O)N(CCO)Cc2ccccc2)O[C@@]12C(=O)N(Cc1cccc(-n3ncc4ccccc4c3=O)c1)c1ccc(-n3ncc4ccccc4c3=O)cc12. The molecule has 2 aromatic heterocycles. The average Bonchev–Trinajstić information content (AvgIpc) is 3.69. The van der Waals surface area contributed by atoms with Crippen molar-refractivity contribution in [1.29, 1.82) is 0 Å². The first-order chi connectivity index (χ1) is 29.9. The van der Waals surface area contributed by atoms with E-state index in [4.69, 9.17) is 4.74 Å². The fraction of sp³-hybridized carbons (Fsp3) is 0.250. The Hall–Kier alpha value is -6.61. The largest absolute Gasteiger partial charge is 0.395 e. The van der Waals surface area contributed by atoms with Gasteiger partial charge in [0.05, 0.1) is 65.9 Å². The summed E-state index contributed by atoms with van der Waals surface area (Å²) in [7, 11) is -3.69. The Bertz CT molecular complexity index is 2990. The van der Waals surface area contributed by atoms with Crippen LogP contribution in [0.1, 0.15) is 30.0 Å². The van der Waals surface area contributed by atoms with E-state index in [1.165, 1.54) is 14.3 Å². The van der Waals surface area contributed by atoms with Gasteiger partial charge in [-0.2, -0.15) is 19.6 Å². The molecular formula is C48H45FN6O6Si. The molecule has 0 unspecified atom stereocenters. The zero-order valence-corrected chi connectivity index (χ0v) is 35.5. The molecule has 0 radical (unpaired) electrons. The van der Waals surface area contributed by atoms with Crippen LogP contribution in [-0.2, 0) is 33.0 Å². The number of anilines is 1. The van der Waals surface area contributed by atoms with E-state index in [0.717, 1.165) is 10.9 Å². The van der Waals surface area contributed by atoms with Gasteiger partial charge in [-0.15, -0.1) is 0 Å². The van der Waals surface area contributed by atoms with E-state index >= 15 is 8.90 Å². The number of carbonyl (C=O) groups excluding carboxylic acids is 2. The molecule has 1 spiro atoms. The summed E-state index contributed by atoms with van der Waals surface area (Å²) < 4.78 is 26.5. The molecule has 314 valence electrons. The van der Waals surface area contributed by atoms with Crippen LogP contribution in [0.5, 0.6) is 0 Å². The van der Waals surface area contributed by atoms with Gasteiger partial charge >= 0.3 is 0 Å². The number of halogens is 1. The van der Waals surface area contributed by atoms with Crippen molar-refractivity contribution in [3.63, 3.8) is 0 Å². The molecule has 0 saturated carbocycles. The molecule has 1 saturated heterocycles. The van der Waals surface area contributed by atoms with Crippen LogP contribution in [0.3, 0.4) is 0 Å². The molecule has 2 amide bonds. The van der Waals surface area contributed by atoms with E-state index in [9.17, 15) is 19.5 Å².